The Balaban J connectivity index is 1.58. The number of halogens is 3. The predicted molar refractivity (Wildman–Crippen MR) is 161 cm³/mol. The highest BCUT2D eigenvalue weighted by Gasteiger charge is 2.44. The number of hydrogen-bond acceptors (Lipinski definition) is 7. The molecule has 232 valence electrons. The third-order valence-electron chi connectivity index (χ3n) is 6.90. The summed E-state index contributed by atoms with van der Waals surface area (Å²) in [6.07, 6.45) is -4.59. The number of esters is 1. The number of hydrogen-bond donors (Lipinski definition) is 1. The number of amides is 2. The van der Waals surface area contributed by atoms with Gasteiger partial charge >= 0.3 is 12.1 Å². The van der Waals surface area contributed by atoms with Gasteiger partial charge in [-0.1, -0.05) is 12.1 Å². The van der Waals surface area contributed by atoms with Crippen LogP contribution < -0.4 is 19.7 Å². The lowest BCUT2D eigenvalue weighted by Gasteiger charge is -2.24. The molecule has 13 heteroatoms. The molecule has 0 aromatic heterocycles. The van der Waals surface area contributed by atoms with E-state index in [0.29, 0.717) is 29.2 Å². The fraction of sp³-hybridized carbons (Fsp3) is 0.290. The standard InChI is InChI=1S/C31H30F3N3O6S/c1-4-43-29(40)20-9-11-22(12-10-20)35-27(38)18-24-28(39)37(23-7-5-6-21(17-23)31(32,33)34)30(44)36(24)15-14-19-8-13-25(41-2)26(16-19)42-3/h5-13,16-17,24H,4,14-15,18H2,1-3H3,(H,35,38)/t24-/m1/s1. The smallest absolute Gasteiger partial charge is 0.416 e. The molecule has 4 rings (SSSR count). The van der Waals surface area contributed by atoms with Crippen LogP contribution in [-0.4, -0.2) is 61.2 Å². The van der Waals surface area contributed by atoms with Crippen molar-refractivity contribution < 1.29 is 41.8 Å². The molecule has 3 aromatic carbocycles. The largest absolute Gasteiger partial charge is 0.493 e. The van der Waals surface area contributed by atoms with Gasteiger partial charge in [0.2, 0.25) is 5.91 Å². The van der Waals surface area contributed by atoms with Crippen molar-refractivity contribution in [3.63, 3.8) is 0 Å². The van der Waals surface area contributed by atoms with Gasteiger partial charge in [0.05, 0.1) is 44.1 Å². The Bertz CT molecular complexity index is 1550. The van der Waals surface area contributed by atoms with Gasteiger partial charge in [0, 0.05) is 12.2 Å². The van der Waals surface area contributed by atoms with Gasteiger partial charge in [0.1, 0.15) is 6.04 Å². The first-order valence-corrected chi connectivity index (χ1v) is 14.0. The Morgan fingerprint density at radius 2 is 1.68 bits per heavy atom. The van der Waals surface area contributed by atoms with Gasteiger partial charge in [-0.3, -0.25) is 14.5 Å². The highest BCUT2D eigenvalue weighted by atomic mass is 32.1. The molecule has 1 aliphatic rings. The number of alkyl halides is 3. The molecular formula is C31H30F3N3O6S. The van der Waals surface area contributed by atoms with Crippen LogP contribution in [0.2, 0.25) is 0 Å². The van der Waals surface area contributed by atoms with E-state index >= 15 is 0 Å². The van der Waals surface area contributed by atoms with E-state index in [0.717, 1.165) is 22.6 Å². The molecule has 0 bridgehead atoms. The zero-order chi connectivity index (χ0) is 32.0. The number of ether oxygens (including phenoxy) is 3. The molecule has 1 heterocycles. The molecular weight excluding hydrogens is 599 g/mol. The molecule has 9 nitrogen and oxygen atoms in total. The highest BCUT2D eigenvalue weighted by Crippen LogP contribution is 2.34. The Labute approximate surface area is 257 Å². The van der Waals surface area contributed by atoms with E-state index in [9.17, 15) is 27.6 Å². The summed E-state index contributed by atoms with van der Waals surface area (Å²) >= 11 is 5.61. The van der Waals surface area contributed by atoms with E-state index in [1.807, 2.05) is 6.07 Å². The van der Waals surface area contributed by atoms with Gasteiger partial charge < -0.3 is 24.4 Å². The summed E-state index contributed by atoms with van der Waals surface area (Å²) in [6.45, 7) is 2.09. The minimum atomic E-state index is -4.63. The summed E-state index contributed by atoms with van der Waals surface area (Å²) in [5, 5.41) is 2.68. The summed E-state index contributed by atoms with van der Waals surface area (Å²) in [5.74, 6) is -0.633. The van der Waals surface area contributed by atoms with Crippen molar-refractivity contribution in [2.75, 3.05) is 37.6 Å². The molecule has 0 unspecified atom stereocenters. The van der Waals surface area contributed by atoms with E-state index in [1.165, 1.54) is 55.5 Å². The minimum absolute atomic E-state index is 0.0219. The highest BCUT2D eigenvalue weighted by molar-refractivity contribution is 7.80. The van der Waals surface area contributed by atoms with E-state index in [2.05, 4.69) is 5.32 Å². The van der Waals surface area contributed by atoms with Gasteiger partial charge in [-0.15, -0.1) is 0 Å². The fourth-order valence-electron chi connectivity index (χ4n) is 4.72. The number of methoxy groups -OCH3 is 2. The number of nitrogens with one attached hydrogen (secondary N) is 1. The molecule has 2 amide bonds. The fourth-order valence-corrected chi connectivity index (χ4v) is 5.14. The maximum atomic E-state index is 13.7. The lowest BCUT2D eigenvalue weighted by atomic mass is 10.1. The number of rotatable bonds is 11. The van der Waals surface area contributed by atoms with Crippen LogP contribution in [0.3, 0.4) is 0 Å². The van der Waals surface area contributed by atoms with Crippen molar-refractivity contribution in [1.29, 1.82) is 0 Å². The molecule has 1 aliphatic heterocycles. The summed E-state index contributed by atoms with van der Waals surface area (Å²) in [7, 11) is 3.01. The summed E-state index contributed by atoms with van der Waals surface area (Å²) in [5.41, 5.74) is 0.514. The number of benzene rings is 3. The topological polar surface area (TPSA) is 97.4 Å². The van der Waals surface area contributed by atoms with Crippen molar-refractivity contribution in [2.45, 2.75) is 32.0 Å². The lowest BCUT2D eigenvalue weighted by Crippen LogP contribution is -2.39. The van der Waals surface area contributed by atoms with Crippen molar-refractivity contribution >= 4 is 46.5 Å². The number of carbonyl (C=O) groups is 3. The van der Waals surface area contributed by atoms with E-state index in [1.54, 1.807) is 19.1 Å². The monoisotopic (exact) mass is 629 g/mol. The van der Waals surface area contributed by atoms with Crippen molar-refractivity contribution in [3.8, 4) is 11.5 Å². The quantitative estimate of drug-likeness (QED) is 0.220. The number of carbonyl (C=O) groups excluding carboxylic acids is 3. The molecule has 1 saturated heterocycles. The third kappa shape index (κ3) is 7.28. The number of anilines is 2. The maximum Gasteiger partial charge on any atom is 0.416 e. The lowest BCUT2D eigenvalue weighted by molar-refractivity contribution is -0.137. The third-order valence-corrected chi connectivity index (χ3v) is 7.32. The van der Waals surface area contributed by atoms with Crippen LogP contribution in [0.4, 0.5) is 24.5 Å². The van der Waals surface area contributed by atoms with Crippen LogP contribution in [0.1, 0.15) is 34.8 Å². The number of nitrogens with zero attached hydrogens (tertiary/aromatic N) is 2. The zero-order valence-electron chi connectivity index (χ0n) is 24.1. The SMILES string of the molecule is CCOC(=O)c1ccc(NC(=O)C[C@@H]2C(=O)N(c3cccc(C(F)(F)F)c3)C(=S)N2CCc2ccc(OC)c(OC)c2)cc1. The van der Waals surface area contributed by atoms with Crippen LogP contribution in [0.15, 0.2) is 66.7 Å². The van der Waals surface area contributed by atoms with Gasteiger partial charge in [-0.25, -0.2) is 4.79 Å². The molecule has 44 heavy (non-hydrogen) atoms. The van der Waals surface area contributed by atoms with E-state index in [-0.39, 0.29) is 30.4 Å². The molecule has 0 radical (unpaired) electrons. The second-order valence-electron chi connectivity index (χ2n) is 9.70. The van der Waals surface area contributed by atoms with Gasteiger partial charge in [0.25, 0.3) is 5.91 Å². The molecule has 0 saturated carbocycles. The molecule has 1 fully saturated rings. The first-order chi connectivity index (χ1) is 21.0. The summed E-state index contributed by atoms with van der Waals surface area (Å²) < 4.78 is 56.0. The van der Waals surface area contributed by atoms with Crippen LogP contribution in [0.5, 0.6) is 11.5 Å². The van der Waals surface area contributed by atoms with Crippen LogP contribution in [0.25, 0.3) is 0 Å². The first-order valence-electron chi connectivity index (χ1n) is 13.6. The van der Waals surface area contributed by atoms with Crippen LogP contribution in [-0.2, 0) is 26.9 Å². The van der Waals surface area contributed by atoms with Crippen LogP contribution in [0, 0.1) is 0 Å². The normalized spacial score (nSPS) is 14.9. The molecule has 0 spiro atoms. The van der Waals surface area contributed by atoms with Crippen molar-refractivity contribution in [1.82, 2.24) is 4.90 Å². The van der Waals surface area contributed by atoms with Gasteiger partial charge in [0.15, 0.2) is 16.6 Å². The predicted octanol–water partition coefficient (Wildman–Crippen LogP) is 5.47. The first kappa shape index (κ1) is 32.3. The second kappa shape index (κ2) is 13.8. The molecule has 1 N–H and O–H groups in total. The average Bonchev–Trinajstić information content (AvgIpc) is 3.23. The minimum Gasteiger partial charge on any atom is -0.493 e. The van der Waals surface area contributed by atoms with Crippen LogP contribution >= 0.6 is 12.2 Å². The van der Waals surface area contributed by atoms with Gasteiger partial charge in [-0.05, 0) is 85.7 Å². The molecule has 0 aliphatic carbocycles. The molecule has 1 atom stereocenters. The van der Waals surface area contributed by atoms with Crippen molar-refractivity contribution in [2.24, 2.45) is 0 Å². The van der Waals surface area contributed by atoms with Crippen molar-refractivity contribution in [3.05, 3.63) is 83.4 Å². The Kier molecular flexibility index (Phi) is 10.1. The zero-order valence-corrected chi connectivity index (χ0v) is 25.0. The number of thiocarbonyl (C=S) groups is 1. The Morgan fingerprint density at radius 3 is 2.32 bits per heavy atom. The average molecular weight is 630 g/mol. The molecule has 3 aromatic rings. The summed E-state index contributed by atoms with van der Waals surface area (Å²) in [4.78, 5) is 41.3. The van der Waals surface area contributed by atoms with E-state index < -0.39 is 35.6 Å². The second-order valence-corrected chi connectivity index (χ2v) is 10.1. The van der Waals surface area contributed by atoms with E-state index in [4.69, 9.17) is 26.4 Å². The summed E-state index contributed by atoms with van der Waals surface area (Å²) in [6, 6.07) is 14.6. The Hall–Kier alpha value is -4.65. The Morgan fingerprint density at radius 1 is 0.977 bits per heavy atom. The maximum absolute atomic E-state index is 13.7. The van der Waals surface area contributed by atoms with Gasteiger partial charge in [-0.2, -0.15) is 13.2 Å².